The molecule has 2 N–H and O–H groups in total. The van der Waals surface area contributed by atoms with Gasteiger partial charge in [0.2, 0.25) is 5.91 Å². The molecule has 2 amide bonds. The van der Waals surface area contributed by atoms with Crippen LogP contribution in [0.5, 0.6) is 0 Å². The molecule has 0 bridgehead atoms. The van der Waals surface area contributed by atoms with Gasteiger partial charge in [-0.25, -0.2) is 4.68 Å². The Hall–Kier alpha value is -4.05. The average molecular weight is 435 g/mol. The van der Waals surface area contributed by atoms with Gasteiger partial charge in [0.15, 0.2) is 0 Å². The first kappa shape index (κ1) is 21.2. The molecule has 4 rings (SSSR count). The number of hydrogen-bond donors (Lipinski definition) is 2. The first-order valence-corrected chi connectivity index (χ1v) is 9.90. The van der Waals surface area contributed by atoms with Gasteiger partial charge in [0.25, 0.3) is 11.6 Å². The second-order valence-electron chi connectivity index (χ2n) is 7.48. The van der Waals surface area contributed by atoms with Crippen molar-refractivity contribution in [1.82, 2.24) is 9.78 Å². The van der Waals surface area contributed by atoms with Crippen LogP contribution in [0.25, 0.3) is 11.1 Å². The predicted molar refractivity (Wildman–Crippen MR) is 117 cm³/mol. The van der Waals surface area contributed by atoms with E-state index in [1.54, 1.807) is 7.11 Å². The summed E-state index contributed by atoms with van der Waals surface area (Å²) in [5.41, 5.74) is 3.75. The highest BCUT2D eigenvalue weighted by Gasteiger charge is 2.37. The number of anilines is 2. The van der Waals surface area contributed by atoms with Crippen molar-refractivity contribution < 1.29 is 19.2 Å². The molecule has 164 valence electrons. The van der Waals surface area contributed by atoms with Gasteiger partial charge in [-0.3, -0.25) is 19.7 Å². The number of nitrogens with one attached hydrogen (secondary N) is 2. The number of aryl methyl sites for hydroxylation is 1. The monoisotopic (exact) mass is 435 g/mol. The Bertz CT molecular complexity index is 1180. The van der Waals surface area contributed by atoms with E-state index < -0.39 is 16.9 Å². The molecule has 0 saturated heterocycles. The van der Waals surface area contributed by atoms with Gasteiger partial charge in [-0.05, 0) is 24.6 Å². The molecule has 0 spiro atoms. The van der Waals surface area contributed by atoms with E-state index in [0.29, 0.717) is 17.2 Å². The average Bonchev–Trinajstić information content (AvgIpc) is 3.24. The lowest BCUT2D eigenvalue weighted by molar-refractivity contribution is -0.384. The van der Waals surface area contributed by atoms with Crippen molar-refractivity contribution in [3.63, 3.8) is 0 Å². The van der Waals surface area contributed by atoms with E-state index in [-0.39, 0.29) is 24.6 Å². The normalized spacial score (nSPS) is 14.7. The zero-order valence-corrected chi connectivity index (χ0v) is 17.5. The summed E-state index contributed by atoms with van der Waals surface area (Å²) in [6.45, 7) is 2.24. The fraction of sp³-hybridized carbons (Fsp3) is 0.227. The van der Waals surface area contributed by atoms with Crippen LogP contribution in [0.4, 0.5) is 17.2 Å². The molecule has 2 aromatic carbocycles. The van der Waals surface area contributed by atoms with E-state index in [9.17, 15) is 19.7 Å². The Labute approximate surface area is 183 Å². The van der Waals surface area contributed by atoms with E-state index in [0.717, 1.165) is 16.7 Å². The minimum Gasteiger partial charge on any atom is -0.378 e. The van der Waals surface area contributed by atoms with E-state index in [1.807, 2.05) is 31.2 Å². The summed E-state index contributed by atoms with van der Waals surface area (Å²) in [6.07, 6.45) is -0.142. The third kappa shape index (κ3) is 4.08. The summed E-state index contributed by atoms with van der Waals surface area (Å²) in [4.78, 5) is 35.5. The summed E-state index contributed by atoms with van der Waals surface area (Å²) in [5.74, 6) is -0.213. The maximum atomic E-state index is 12.6. The van der Waals surface area contributed by atoms with Crippen LogP contribution in [0.3, 0.4) is 0 Å². The third-order valence-corrected chi connectivity index (χ3v) is 5.18. The third-order valence-electron chi connectivity index (χ3n) is 5.18. The lowest BCUT2D eigenvalue weighted by atomic mass is 10.0. The molecular weight excluding hydrogens is 414 g/mol. The lowest BCUT2D eigenvalue weighted by Gasteiger charge is -2.10. The molecule has 0 radical (unpaired) electrons. The molecule has 1 unspecified atom stereocenters. The summed E-state index contributed by atoms with van der Waals surface area (Å²) >= 11 is 0. The van der Waals surface area contributed by atoms with E-state index in [2.05, 4.69) is 15.7 Å². The largest absolute Gasteiger partial charge is 0.378 e. The lowest BCUT2D eigenvalue weighted by Crippen LogP contribution is -2.24. The zero-order valence-electron chi connectivity index (χ0n) is 17.5. The van der Waals surface area contributed by atoms with Gasteiger partial charge in [-0.1, -0.05) is 29.8 Å². The molecule has 0 saturated carbocycles. The number of benzene rings is 2. The molecule has 2 heterocycles. The molecule has 1 aliphatic heterocycles. The Kier molecular flexibility index (Phi) is 5.69. The van der Waals surface area contributed by atoms with Crippen molar-refractivity contribution >= 4 is 29.0 Å². The van der Waals surface area contributed by atoms with E-state index in [4.69, 9.17) is 4.74 Å². The molecule has 10 nitrogen and oxygen atoms in total. The number of ether oxygens (including phenoxy) is 1. The van der Waals surface area contributed by atoms with Crippen LogP contribution in [-0.2, 0) is 20.9 Å². The van der Waals surface area contributed by atoms with Gasteiger partial charge in [0.1, 0.15) is 11.9 Å². The predicted octanol–water partition coefficient (Wildman–Crippen LogP) is 3.44. The van der Waals surface area contributed by atoms with Gasteiger partial charge in [-0.2, -0.15) is 5.10 Å². The van der Waals surface area contributed by atoms with Crippen LogP contribution in [0.15, 0.2) is 48.5 Å². The molecule has 0 fully saturated rings. The summed E-state index contributed by atoms with van der Waals surface area (Å²) in [6, 6.07) is 12.5. The fourth-order valence-electron chi connectivity index (χ4n) is 3.63. The van der Waals surface area contributed by atoms with Crippen LogP contribution in [0, 0.1) is 17.0 Å². The highest BCUT2D eigenvalue weighted by molar-refractivity contribution is 6.04. The highest BCUT2D eigenvalue weighted by Crippen LogP contribution is 2.39. The van der Waals surface area contributed by atoms with Crippen LogP contribution in [0.2, 0.25) is 0 Å². The van der Waals surface area contributed by atoms with Crippen LogP contribution >= 0.6 is 0 Å². The van der Waals surface area contributed by atoms with Crippen molar-refractivity contribution in [2.75, 3.05) is 17.7 Å². The van der Waals surface area contributed by atoms with Crippen molar-refractivity contribution in [1.29, 1.82) is 0 Å². The van der Waals surface area contributed by atoms with Crippen molar-refractivity contribution in [3.8, 4) is 11.1 Å². The first-order valence-electron chi connectivity index (χ1n) is 9.90. The van der Waals surface area contributed by atoms with Gasteiger partial charge < -0.3 is 15.4 Å². The Morgan fingerprint density at radius 2 is 1.91 bits per heavy atom. The number of carbonyl (C=O) groups excluding carboxylic acids is 2. The molecule has 10 heteroatoms. The Morgan fingerprint density at radius 3 is 2.53 bits per heavy atom. The molecule has 1 atom stereocenters. The second-order valence-corrected chi connectivity index (χ2v) is 7.48. The fourth-order valence-corrected chi connectivity index (χ4v) is 3.63. The smallest absolute Gasteiger partial charge is 0.269 e. The Morgan fingerprint density at radius 1 is 1.22 bits per heavy atom. The summed E-state index contributed by atoms with van der Waals surface area (Å²) in [7, 11) is 1.57. The number of nitro groups is 1. The summed E-state index contributed by atoms with van der Waals surface area (Å²) < 4.78 is 6.81. The quantitative estimate of drug-likeness (QED) is 0.432. The molecule has 1 aromatic heterocycles. The van der Waals surface area contributed by atoms with E-state index in [1.165, 1.54) is 28.9 Å². The number of fused-ring (bicyclic) bond motifs is 1. The number of nitrogens with zero attached hydrogens (tertiary/aromatic N) is 3. The van der Waals surface area contributed by atoms with Crippen LogP contribution in [0.1, 0.15) is 23.7 Å². The van der Waals surface area contributed by atoms with E-state index >= 15 is 0 Å². The Balaban J connectivity index is 1.57. The topological polar surface area (TPSA) is 128 Å². The summed E-state index contributed by atoms with van der Waals surface area (Å²) in [5, 5.41) is 20.8. The minimum absolute atomic E-state index is 0.0753. The number of hydrogen-bond acceptors (Lipinski definition) is 6. The molecule has 0 aliphatic carbocycles. The molecular formula is C22H21N5O5. The first-order chi connectivity index (χ1) is 15.4. The minimum atomic E-state index is -0.821. The maximum Gasteiger partial charge on any atom is 0.269 e. The van der Waals surface area contributed by atoms with Gasteiger partial charge in [-0.15, -0.1) is 0 Å². The van der Waals surface area contributed by atoms with Crippen molar-refractivity contribution in [2.24, 2.45) is 0 Å². The highest BCUT2D eigenvalue weighted by atomic mass is 16.6. The van der Waals surface area contributed by atoms with Crippen LogP contribution < -0.4 is 10.6 Å². The standard InChI is InChI=1S/C22H21N5O5/c1-13-3-5-14(6-4-13)20-17(12-32-2)25-26-18(22(29)24-21(20)26)11-19(28)23-15-7-9-16(10-8-15)27(30)31/h3-10,18H,11-12H2,1-2H3,(H,23,28)(H,24,29). The number of nitro benzene ring substituents is 1. The number of carbonyl (C=O) groups is 2. The number of non-ortho nitro benzene ring substituents is 1. The second kappa shape index (κ2) is 8.60. The van der Waals surface area contributed by atoms with Gasteiger partial charge >= 0.3 is 0 Å². The number of amides is 2. The maximum absolute atomic E-state index is 12.6. The number of methoxy groups -OCH3 is 1. The van der Waals surface area contributed by atoms with Crippen molar-refractivity contribution in [3.05, 3.63) is 69.9 Å². The number of aromatic nitrogens is 2. The molecule has 32 heavy (non-hydrogen) atoms. The van der Waals surface area contributed by atoms with Gasteiger partial charge in [0.05, 0.1) is 23.6 Å². The number of rotatable bonds is 7. The molecule has 1 aliphatic rings. The zero-order chi connectivity index (χ0) is 22.8. The van der Waals surface area contributed by atoms with Gasteiger partial charge in [0, 0.05) is 30.5 Å². The SMILES string of the molecule is COCc1nn2c(c1-c1ccc(C)cc1)NC(=O)C2CC(=O)Nc1ccc([N+](=O)[O-])cc1. The van der Waals surface area contributed by atoms with Crippen LogP contribution in [-0.4, -0.2) is 33.6 Å². The van der Waals surface area contributed by atoms with Crippen molar-refractivity contribution in [2.45, 2.75) is 26.0 Å². The molecule has 3 aromatic rings.